The quantitative estimate of drug-likeness (QED) is 0.675. The average molecular weight is 395 g/mol. The van der Waals surface area contributed by atoms with Crippen molar-refractivity contribution in [1.29, 1.82) is 0 Å². The lowest BCUT2D eigenvalue weighted by Crippen LogP contribution is -2.47. The summed E-state index contributed by atoms with van der Waals surface area (Å²) in [5.41, 5.74) is 4.08. The Hall–Kier alpha value is -2.37. The van der Waals surface area contributed by atoms with Crippen molar-refractivity contribution in [2.75, 3.05) is 31.3 Å². The fraction of sp³-hybridized carbons (Fsp3) is 0.458. The fourth-order valence-electron chi connectivity index (χ4n) is 4.07. The van der Waals surface area contributed by atoms with E-state index in [1.807, 2.05) is 24.3 Å². The van der Waals surface area contributed by atoms with Crippen LogP contribution < -0.4 is 9.64 Å². The molecule has 2 aliphatic rings. The van der Waals surface area contributed by atoms with Crippen LogP contribution in [0.1, 0.15) is 49.3 Å². The monoisotopic (exact) mass is 395 g/mol. The number of fused-ring (bicyclic) bond motifs is 2. The molecule has 0 aliphatic carbocycles. The molecule has 0 N–H and O–H groups in total. The molecule has 1 amide bonds. The summed E-state index contributed by atoms with van der Waals surface area (Å²) in [6.07, 6.45) is 1.53. The first kappa shape index (κ1) is 19.9. The van der Waals surface area contributed by atoms with Gasteiger partial charge in [0.25, 0.3) is 11.7 Å². The molecule has 0 bridgehead atoms. The molecule has 5 nitrogen and oxygen atoms in total. The highest BCUT2D eigenvalue weighted by molar-refractivity contribution is 6.06. The summed E-state index contributed by atoms with van der Waals surface area (Å²) in [5, 5.41) is 0. The van der Waals surface area contributed by atoms with Crippen LogP contribution in [0.2, 0.25) is 0 Å². The lowest BCUT2D eigenvalue weighted by atomic mass is 10.0. The van der Waals surface area contributed by atoms with E-state index in [2.05, 4.69) is 39.0 Å². The van der Waals surface area contributed by atoms with Crippen molar-refractivity contribution in [3.63, 3.8) is 0 Å². The highest BCUT2D eigenvalue weighted by atomic mass is 16.7. The topological polar surface area (TPSA) is 48.0 Å². The van der Waals surface area contributed by atoms with Crippen LogP contribution >= 0.6 is 0 Å². The number of hydrogen-bond acceptors (Lipinski definition) is 4. The van der Waals surface area contributed by atoms with E-state index in [0.717, 1.165) is 29.8 Å². The van der Waals surface area contributed by atoms with Gasteiger partial charge in [-0.15, -0.1) is 0 Å². The first-order valence-electron chi connectivity index (χ1n) is 10.5. The van der Waals surface area contributed by atoms with Crippen LogP contribution in [0.15, 0.2) is 42.5 Å². The summed E-state index contributed by atoms with van der Waals surface area (Å²) < 4.78 is 17.9. The van der Waals surface area contributed by atoms with Gasteiger partial charge >= 0.3 is 0 Å². The number of hydrogen-bond donors (Lipinski definition) is 0. The summed E-state index contributed by atoms with van der Waals surface area (Å²) in [6.45, 7) is 8.57. The SMILES string of the molecule is Cc1ccc(C(C)C)c(OCCCN2C(=O)C3(OCCCO3)c3ccccc32)c1. The highest BCUT2D eigenvalue weighted by Gasteiger charge is 2.54. The Morgan fingerprint density at radius 1 is 1.14 bits per heavy atom. The van der Waals surface area contributed by atoms with Crippen molar-refractivity contribution < 1.29 is 19.0 Å². The van der Waals surface area contributed by atoms with Crippen LogP contribution in [-0.4, -0.2) is 32.3 Å². The molecule has 4 rings (SSSR count). The second-order valence-electron chi connectivity index (χ2n) is 8.04. The molecule has 0 atom stereocenters. The van der Waals surface area contributed by atoms with Crippen LogP contribution in [0, 0.1) is 6.92 Å². The molecule has 1 saturated heterocycles. The number of nitrogens with zero attached hydrogens (tertiary/aromatic N) is 1. The van der Waals surface area contributed by atoms with Gasteiger partial charge in [-0.25, -0.2) is 0 Å². The van der Waals surface area contributed by atoms with Gasteiger partial charge in [-0.1, -0.05) is 44.2 Å². The maximum Gasteiger partial charge on any atom is 0.292 e. The van der Waals surface area contributed by atoms with Gasteiger partial charge in [0.15, 0.2) is 0 Å². The summed E-state index contributed by atoms with van der Waals surface area (Å²) in [5.74, 6) is -0.0599. The zero-order chi connectivity index (χ0) is 20.4. The molecule has 1 fully saturated rings. The normalized spacial score (nSPS) is 17.8. The number of rotatable bonds is 6. The van der Waals surface area contributed by atoms with Crippen molar-refractivity contribution in [2.24, 2.45) is 0 Å². The third-order valence-corrected chi connectivity index (χ3v) is 5.55. The second-order valence-corrected chi connectivity index (χ2v) is 8.04. The van der Waals surface area contributed by atoms with E-state index in [0.29, 0.717) is 32.3 Å². The largest absolute Gasteiger partial charge is 0.493 e. The zero-order valence-electron chi connectivity index (χ0n) is 17.4. The Morgan fingerprint density at radius 2 is 1.90 bits per heavy atom. The minimum atomic E-state index is -1.27. The third-order valence-electron chi connectivity index (χ3n) is 5.55. The maximum atomic E-state index is 13.2. The zero-order valence-corrected chi connectivity index (χ0v) is 17.4. The van der Waals surface area contributed by atoms with Gasteiger partial charge in [0.05, 0.1) is 25.5 Å². The van der Waals surface area contributed by atoms with Crippen molar-refractivity contribution >= 4 is 11.6 Å². The van der Waals surface area contributed by atoms with Crippen LogP contribution in [0.25, 0.3) is 0 Å². The Kier molecular flexibility index (Phi) is 5.61. The average Bonchev–Trinajstić information content (AvgIpc) is 2.94. The van der Waals surface area contributed by atoms with Gasteiger partial charge < -0.3 is 19.1 Å². The molecule has 0 unspecified atom stereocenters. The Bertz CT molecular complexity index is 886. The van der Waals surface area contributed by atoms with E-state index < -0.39 is 5.79 Å². The lowest BCUT2D eigenvalue weighted by molar-refractivity contribution is -0.256. The summed E-state index contributed by atoms with van der Waals surface area (Å²) >= 11 is 0. The number of carbonyl (C=O) groups is 1. The van der Waals surface area contributed by atoms with Crippen molar-refractivity contribution in [3.05, 3.63) is 59.2 Å². The standard InChI is InChI=1S/C24H29NO4/c1-17(2)19-11-10-18(3)16-22(19)27-13-6-12-25-21-9-5-4-8-20(21)24(23(25)26)28-14-7-15-29-24/h4-5,8-11,16-17H,6-7,12-15H2,1-3H3. The number of anilines is 1. The Balaban J connectivity index is 1.44. The molecule has 2 aromatic rings. The molecule has 0 radical (unpaired) electrons. The number of carbonyl (C=O) groups excluding carboxylic acids is 1. The van der Waals surface area contributed by atoms with E-state index in [1.54, 1.807) is 4.90 Å². The smallest absolute Gasteiger partial charge is 0.292 e. The van der Waals surface area contributed by atoms with E-state index in [-0.39, 0.29) is 5.91 Å². The van der Waals surface area contributed by atoms with E-state index in [1.165, 1.54) is 11.1 Å². The van der Waals surface area contributed by atoms with Crippen molar-refractivity contribution in [3.8, 4) is 5.75 Å². The molecule has 5 heteroatoms. The van der Waals surface area contributed by atoms with Gasteiger partial charge in [0.2, 0.25) is 0 Å². The van der Waals surface area contributed by atoms with Gasteiger partial charge in [-0.3, -0.25) is 4.79 Å². The predicted molar refractivity (Wildman–Crippen MR) is 112 cm³/mol. The molecule has 1 spiro atoms. The minimum Gasteiger partial charge on any atom is -0.493 e. The maximum absolute atomic E-state index is 13.2. The number of aryl methyl sites for hydroxylation is 1. The minimum absolute atomic E-state index is 0.128. The second kappa shape index (κ2) is 8.17. The van der Waals surface area contributed by atoms with Gasteiger partial charge in [-0.05, 0) is 48.9 Å². The molecule has 2 aliphatic heterocycles. The Labute approximate surface area is 172 Å². The molecular formula is C24H29NO4. The highest BCUT2D eigenvalue weighted by Crippen LogP contribution is 2.45. The third kappa shape index (κ3) is 3.65. The van der Waals surface area contributed by atoms with E-state index >= 15 is 0 Å². The predicted octanol–water partition coefficient (Wildman–Crippen LogP) is 4.52. The van der Waals surface area contributed by atoms with Crippen LogP contribution in [-0.2, 0) is 20.1 Å². The molecule has 154 valence electrons. The van der Waals surface area contributed by atoms with Crippen LogP contribution in [0.5, 0.6) is 5.75 Å². The molecule has 2 aromatic carbocycles. The van der Waals surface area contributed by atoms with Crippen molar-refractivity contribution in [2.45, 2.75) is 45.3 Å². The van der Waals surface area contributed by atoms with E-state index in [9.17, 15) is 4.79 Å². The molecule has 0 saturated carbocycles. The molecule has 2 heterocycles. The molecule has 0 aromatic heterocycles. The number of amides is 1. The number of benzene rings is 2. The number of ether oxygens (including phenoxy) is 3. The first-order valence-corrected chi connectivity index (χ1v) is 10.5. The summed E-state index contributed by atoms with van der Waals surface area (Å²) in [4.78, 5) is 15.0. The van der Waals surface area contributed by atoms with Crippen molar-refractivity contribution in [1.82, 2.24) is 0 Å². The van der Waals surface area contributed by atoms with Crippen LogP contribution in [0.3, 0.4) is 0 Å². The van der Waals surface area contributed by atoms with Crippen LogP contribution in [0.4, 0.5) is 5.69 Å². The van der Waals surface area contributed by atoms with Gasteiger partial charge in [0.1, 0.15) is 5.75 Å². The van der Waals surface area contributed by atoms with Gasteiger partial charge in [-0.2, -0.15) is 0 Å². The fourth-order valence-corrected chi connectivity index (χ4v) is 4.07. The van der Waals surface area contributed by atoms with Gasteiger partial charge in [0, 0.05) is 12.1 Å². The Morgan fingerprint density at radius 3 is 2.66 bits per heavy atom. The lowest BCUT2D eigenvalue weighted by Gasteiger charge is -2.32. The first-order chi connectivity index (χ1) is 14.0. The molecular weight excluding hydrogens is 366 g/mol. The molecule has 29 heavy (non-hydrogen) atoms. The number of para-hydroxylation sites is 1. The summed E-state index contributed by atoms with van der Waals surface area (Å²) in [7, 11) is 0. The van der Waals surface area contributed by atoms with E-state index in [4.69, 9.17) is 14.2 Å². The summed E-state index contributed by atoms with van der Waals surface area (Å²) in [6, 6.07) is 14.1.